The first kappa shape index (κ1) is 15.1. The molecule has 1 N–H and O–H groups in total. The minimum Gasteiger partial charge on any atom is -0.480 e. The first-order valence-electron chi connectivity index (χ1n) is 6.12. The first-order valence-corrected chi connectivity index (χ1v) is 7.79. The van der Waals surface area contributed by atoms with Crippen LogP contribution in [0.2, 0.25) is 0 Å². The van der Waals surface area contributed by atoms with E-state index in [1.54, 1.807) is 6.20 Å². The van der Waals surface area contributed by atoms with Gasteiger partial charge in [0.2, 0.25) is 0 Å². The summed E-state index contributed by atoms with van der Waals surface area (Å²) in [6, 6.07) is 11.6. The minimum atomic E-state index is -0.817. The van der Waals surface area contributed by atoms with E-state index < -0.39 is 11.2 Å². The van der Waals surface area contributed by atoms with Crippen LogP contribution in [0.3, 0.4) is 0 Å². The fourth-order valence-electron chi connectivity index (χ4n) is 1.79. The van der Waals surface area contributed by atoms with Crippen LogP contribution in [-0.4, -0.2) is 21.3 Å². The quantitative estimate of drug-likeness (QED) is 0.828. The molecule has 1 unspecified atom stereocenters. The number of aryl methyl sites for hydroxylation is 1. The van der Waals surface area contributed by atoms with Gasteiger partial charge < -0.3 is 5.11 Å². The summed E-state index contributed by atoms with van der Waals surface area (Å²) in [6.45, 7) is 1.93. The molecular weight excluding hydrogens is 338 g/mol. The van der Waals surface area contributed by atoms with Gasteiger partial charge in [0.15, 0.2) is 0 Å². The number of hydrogen-bond donors (Lipinski definition) is 1. The molecule has 0 saturated carbocycles. The standard InChI is InChI=1S/C15H14BrNO2S/c1-10-7-12(16)9-17-14(10)20-13(15(18)19)8-11-5-3-2-4-6-11/h2-7,9,13H,8H2,1H3,(H,18,19). The van der Waals surface area contributed by atoms with Crippen LogP contribution in [0.5, 0.6) is 0 Å². The summed E-state index contributed by atoms with van der Waals surface area (Å²) in [4.78, 5) is 15.7. The fraction of sp³-hybridized carbons (Fsp3) is 0.200. The number of aromatic nitrogens is 1. The smallest absolute Gasteiger partial charge is 0.317 e. The van der Waals surface area contributed by atoms with Crippen molar-refractivity contribution < 1.29 is 9.90 Å². The van der Waals surface area contributed by atoms with E-state index in [4.69, 9.17) is 0 Å². The zero-order valence-electron chi connectivity index (χ0n) is 10.9. The average Bonchev–Trinajstić information content (AvgIpc) is 2.42. The SMILES string of the molecule is Cc1cc(Br)cnc1SC(Cc1ccccc1)C(=O)O. The Balaban J connectivity index is 2.15. The van der Waals surface area contributed by atoms with E-state index in [0.717, 1.165) is 20.6 Å². The predicted octanol–water partition coefficient (Wildman–Crippen LogP) is 3.94. The molecule has 1 aromatic heterocycles. The maximum atomic E-state index is 11.4. The van der Waals surface area contributed by atoms with Gasteiger partial charge in [-0.1, -0.05) is 42.1 Å². The van der Waals surface area contributed by atoms with Gasteiger partial charge in [-0.05, 0) is 46.5 Å². The number of halogens is 1. The Morgan fingerprint density at radius 1 is 1.40 bits per heavy atom. The Kier molecular flexibility index (Phi) is 5.20. The maximum absolute atomic E-state index is 11.4. The van der Waals surface area contributed by atoms with Gasteiger partial charge in [-0.25, -0.2) is 4.98 Å². The molecule has 2 aromatic rings. The highest BCUT2D eigenvalue weighted by Crippen LogP contribution is 2.28. The van der Waals surface area contributed by atoms with Crippen molar-refractivity contribution >= 4 is 33.7 Å². The summed E-state index contributed by atoms with van der Waals surface area (Å²) in [5.41, 5.74) is 1.99. The monoisotopic (exact) mass is 351 g/mol. The van der Waals surface area contributed by atoms with Gasteiger partial charge in [0.1, 0.15) is 5.25 Å². The maximum Gasteiger partial charge on any atom is 0.317 e. The number of benzene rings is 1. The summed E-state index contributed by atoms with van der Waals surface area (Å²) in [7, 11) is 0. The van der Waals surface area contributed by atoms with Crippen molar-refractivity contribution in [3.8, 4) is 0 Å². The molecule has 0 spiro atoms. The highest BCUT2D eigenvalue weighted by molar-refractivity contribution is 9.10. The normalized spacial score (nSPS) is 12.1. The van der Waals surface area contributed by atoms with E-state index in [1.807, 2.05) is 43.3 Å². The summed E-state index contributed by atoms with van der Waals surface area (Å²) >= 11 is 4.65. The van der Waals surface area contributed by atoms with Crippen LogP contribution >= 0.6 is 27.7 Å². The third kappa shape index (κ3) is 4.08. The first-order chi connectivity index (χ1) is 9.56. The Bertz CT molecular complexity index is 604. The van der Waals surface area contributed by atoms with Crippen LogP contribution in [0.15, 0.2) is 52.1 Å². The Labute approximate surface area is 130 Å². The van der Waals surface area contributed by atoms with Gasteiger partial charge in [-0.15, -0.1) is 0 Å². The molecule has 20 heavy (non-hydrogen) atoms. The summed E-state index contributed by atoms with van der Waals surface area (Å²) in [5.74, 6) is -0.817. The van der Waals surface area contributed by atoms with Crippen LogP contribution in [0.1, 0.15) is 11.1 Å². The molecule has 104 valence electrons. The molecule has 1 atom stereocenters. The Morgan fingerprint density at radius 3 is 2.70 bits per heavy atom. The number of pyridine rings is 1. The number of carboxylic acid groups (broad SMARTS) is 1. The number of aliphatic carboxylic acids is 1. The summed E-state index contributed by atoms with van der Waals surface area (Å²) < 4.78 is 0.897. The second kappa shape index (κ2) is 6.90. The molecule has 0 aliphatic rings. The molecule has 0 fully saturated rings. The molecule has 0 aliphatic carbocycles. The lowest BCUT2D eigenvalue weighted by Crippen LogP contribution is -2.19. The lowest BCUT2D eigenvalue weighted by Gasteiger charge is -2.13. The van der Waals surface area contributed by atoms with E-state index in [9.17, 15) is 9.90 Å². The largest absolute Gasteiger partial charge is 0.480 e. The Morgan fingerprint density at radius 2 is 2.10 bits per heavy atom. The number of carbonyl (C=O) groups is 1. The van der Waals surface area contributed by atoms with E-state index in [0.29, 0.717) is 6.42 Å². The summed E-state index contributed by atoms with van der Waals surface area (Å²) in [6.07, 6.45) is 2.18. The van der Waals surface area contributed by atoms with Crippen LogP contribution in [0.4, 0.5) is 0 Å². The van der Waals surface area contributed by atoms with E-state index >= 15 is 0 Å². The van der Waals surface area contributed by atoms with Gasteiger partial charge in [0.05, 0.1) is 5.03 Å². The second-order valence-electron chi connectivity index (χ2n) is 4.41. The number of rotatable bonds is 5. The molecule has 0 bridgehead atoms. The Hall–Kier alpha value is -1.33. The van der Waals surface area contributed by atoms with Gasteiger partial charge in [-0.3, -0.25) is 4.79 Å². The zero-order valence-corrected chi connectivity index (χ0v) is 13.3. The van der Waals surface area contributed by atoms with Crippen molar-refractivity contribution in [1.82, 2.24) is 4.98 Å². The third-order valence-electron chi connectivity index (χ3n) is 2.79. The second-order valence-corrected chi connectivity index (χ2v) is 6.52. The van der Waals surface area contributed by atoms with Crippen molar-refractivity contribution in [2.24, 2.45) is 0 Å². The summed E-state index contributed by atoms with van der Waals surface area (Å²) in [5, 5.41) is 9.61. The van der Waals surface area contributed by atoms with Crippen molar-refractivity contribution in [1.29, 1.82) is 0 Å². The molecule has 1 aromatic carbocycles. The van der Waals surface area contributed by atoms with E-state index in [-0.39, 0.29) is 0 Å². The lowest BCUT2D eigenvalue weighted by atomic mass is 10.1. The van der Waals surface area contributed by atoms with Crippen LogP contribution < -0.4 is 0 Å². The van der Waals surface area contributed by atoms with Gasteiger partial charge in [-0.2, -0.15) is 0 Å². The minimum absolute atomic E-state index is 0.484. The van der Waals surface area contributed by atoms with Crippen molar-refractivity contribution in [3.05, 3.63) is 58.2 Å². The van der Waals surface area contributed by atoms with Crippen molar-refractivity contribution in [3.63, 3.8) is 0 Å². The van der Waals surface area contributed by atoms with Crippen LogP contribution in [0, 0.1) is 6.92 Å². The molecular formula is C15H14BrNO2S. The molecule has 3 nitrogen and oxygen atoms in total. The molecule has 0 radical (unpaired) electrons. The molecule has 5 heteroatoms. The fourth-order valence-corrected chi connectivity index (χ4v) is 3.24. The van der Waals surface area contributed by atoms with Crippen molar-refractivity contribution in [2.45, 2.75) is 23.6 Å². The predicted molar refractivity (Wildman–Crippen MR) is 84.1 cm³/mol. The van der Waals surface area contributed by atoms with Gasteiger partial charge >= 0.3 is 5.97 Å². The number of nitrogens with zero attached hydrogens (tertiary/aromatic N) is 1. The van der Waals surface area contributed by atoms with E-state index in [1.165, 1.54) is 11.8 Å². The van der Waals surface area contributed by atoms with Crippen molar-refractivity contribution in [2.75, 3.05) is 0 Å². The van der Waals surface area contributed by atoms with E-state index in [2.05, 4.69) is 20.9 Å². The number of hydrogen-bond acceptors (Lipinski definition) is 3. The highest BCUT2D eigenvalue weighted by atomic mass is 79.9. The average molecular weight is 352 g/mol. The number of carboxylic acids is 1. The third-order valence-corrected chi connectivity index (χ3v) is 4.53. The number of thioether (sulfide) groups is 1. The zero-order chi connectivity index (χ0) is 14.5. The lowest BCUT2D eigenvalue weighted by molar-refractivity contribution is -0.136. The molecule has 2 rings (SSSR count). The molecule has 0 amide bonds. The van der Waals surface area contributed by atoms with Crippen LogP contribution in [-0.2, 0) is 11.2 Å². The van der Waals surface area contributed by atoms with Gasteiger partial charge in [0.25, 0.3) is 0 Å². The molecule has 1 heterocycles. The van der Waals surface area contributed by atoms with Gasteiger partial charge in [0, 0.05) is 10.7 Å². The topological polar surface area (TPSA) is 50.2 Å². The molecule has 0 saturated heterocycles. The molecule has 0 aliphatic heterocycles. The highest BCUT2D eigenvalue weighted by Gasteiger charge is 2.21. The van der Waals surface area contributed by atoms with Crippen LogP contribution in [0.25, 0.3) is 0 Å².